The van der Waals surface area contributed by atoms with Crippen LogP contribution in [0.4, 0.5) is 0 Å². The highest BCUT2D eigenvalue weighted by atomic mass is 32.2. The number of hydrogen-bond donors (Lipinski definition) is 1. The minimum absolute atomic E-state index is 0.495. The van der Waals surface area contributed by atoms with Gasteiger partial charge in [-0.15, -0.1) is 0 Å². The number of esters is 1. The first-order chi connectivity index (χ1) is 5.22. The summed E-state index contributed by atoms with van der Waals surface area (Å²) in [6.07, 6.45) is 1.92. The number of methoxy groups -OCH3 is 1. The third kappa shape index (κ3) is 4.66. The molecule has 0 fully saturated rings. The summed E-state index contributed by atoms with van der Waals surface area (Å²) in [6, 6.07) is 0. The van der Waals surface area contributed by atoms with Gasteiger partial charge in [0.25, 0.3) is 0 Å². The number of amides is 1. The van der Waals surface area contributed by atoms with Crippen LogP contribution in [-0.2, 0) is 14.3 Å². The smallest absolute Gasteiger partial charge is 0.396 e. The van der Waals surface area contributed by atoms with Crippen molar-refractivity contribution in [3.63, 3.8) is 0 Å². The first-order valence-corrected chi connectivity index (χ1v) is 4.46. The van der Waals surface area contributed by atoms with E-state index in [4.69, 9.17) is 0 Å². The zero-order valence-corrected chi connectivity index (χ0v) is 7.36. The molecule has 0 aromatic heterocycles. The molecule has 4 nitrogen and oxygen atoms in total. The highest BCUT2D eigenvalue weighted by Gasteiger charge is 2.11. The van der Waals surface area contributed by atoms with Gasteiger partial charge in [0, 0.05) is 12.3 Å². The number of thioether (sulfide) groups is 1. The molecule has 0 radical (unpaired) electrons. The number of rotatable bonds is 3. The molecule has 0 aromatic carbocycles. The van der Waals surface area contributed by atoms with Crippen molar-refractivity contribution < 1.29 is 14.3 Å². The molecule has 64 valence electrons. The average molecular weight is 177 g/mol. The molecule has 0 aliphatic heterocycles. The molecule has 1 N–H and O–H groups in total. The Labute approximate surface area is 69.7 Å². The number of nitrogens with one attached hydrogen (secondary N) is 1. The second-order valence-corrected chi connectivity index (χ2v) is 2.73. The maximum Gasteiger partial charge on any atom is 0.396 e. The van der Waals surface area contributed by atoms with Crippen molar-refractivity contribution in [2.45, 2.75) is 0 Å². The van der Waals surface area contributed by atoms with Crippen LogP contribution in [0.1, 0.15) is 0 Å². The molecular formula is C6H11NO3S. The van der Waals surface area contributed by atoms with Gasteiger partial charge in [-0.1, -0.05) is 0 Å². The highest BCUT2D eigenvalue weighted by Crippen LogP contribution is 1.86. The Hall–Kier alpha value is -0.710. The van der Waals surface area contributed by atoms with Crippen LogP contribution < -0.4 is 5.32 Å². The fourth-order valence-electron chi connectivity index (χ4n) is 0.431. The quantitative estimate of drug-likeness (QED) is 0.363. The van der Waals surface area contributed by atoms with Gasteiger partial charge in [0.1, 0.15) is 0 Å². The summed E-state index contributed by atoms with van der Waals surface area (Å²) in [5.74, 6) is -0.726. The Balaban J connectivity index is 3.44. The summed E-state index contributed by atoms with van der Waals surface area (Å²) in [5, 5.41) is 2.40. The van der Waals surface area contributed by atoms with E-state index in [9.17, 15) is 9.59 Å². The van der Waals surface area contributed by atoms with Crippen LogP contribution in [0.2, 0.25) is 0 Å². The van der Waals surface area contributed by atoms with Crippen LogP contribution >= 0.6 is 11.8 Å². The summed E-state index contributed by atoms with van der Waals surface area (Å²) in [4.78, 5) is 21.1. The number of carbonyl (C=O) groups excluding carboxylic acids is 2. The standard InChI is InChI=1S/C6H11NO3S/c1-10-6(9)5(8)7-3-4-11-2/h3-4H2,1-2H3,(H,7,8). The van der Waals surface area contributed by atoms with Crippen molar-refractivity contribution >= 4 is 23.6 Å². The SMILES string of the molecule is COC(=O)C(=O)NCCSC. The molecule has 0 atom stereocenters. The summed E-state index contributed by atoms with van der Waals surface area (Å²) < 4.78 is 4.18. The van der Waals surface area contributed by atoms with Crippen molar-refractivity contribution in [3.05, 3.63) is 0 Å². The molecule has 1 amide bonds. The van der Waals surface area contributed by atoms with E-state index in [2.05, 4.69) is 10.1 Å². The predicted octanol–water partition coefficient (Wildman–Crippen LogP) is -0.361. The molecule has 0 unspecified atom stereocenters. The van der Waals surface area contributed by atoms with Crippen molar-refractivity contribution in [3.8, 4) is 0 Å². The van der Waals surface area contributed by atoms with Gasteiger partial charge < -0.3 is 10.1 Å². The van der Waals surface area contributed by atoms with Gasteiger partial charge in [-0.3, -0.25) is 4.79 Å². The summed E-state index contributed by atoms with van der Waals surface area (Å²) in [5.41, 5.74) is 0. The van der Waals surface area contributed by atoms with E-state index < -0.39 is 11.9 Å². The molecule has 0 aliphatic rings. The van der Waals surface area contributed by atoms with Gasteiger partial charge in [-0.25, -0.2) is 4.79 Å². The third-order valence-corrected chi connectivity index (χ3v) is 1.57. The van der Waals surface area contributed by atoms with Gasteiger partial charge >= 0.3 is 11.9 Å². The maximum absolute atomic E-state index is 10.7. The van der Waals surface area contributed by atoms with E-state index in [1.165, 1.54) is 7.11 Å². The molecule has 0 saturated heterocycles. The summed E-state index contributed by atoms with van der Waals surface area (Å²) in [6.45, 7) is 0.495. The van der Waals surface area contributed by atoms with Gasteiger partial charge in [-0.2, -0.15) is 11.8 Å². The Kier molecular flexibility index (Phi) is 5.64. The zero-order valence-electron chi connectivity index (χ0n) is 6.55. The van der Waals surface area contributed by atoms with Gasteiger partial charge in [0.2, 0.25) is 0 Å². The number of hydrogen-bond acceptors (Lipinski definition) is 4. The fourth-order valence-corrected chi connectivity index (χ4v) is 0.738. The number of carbonyl (C=O) groups is 2. The largest absolute Gasteiger partial charge is 0.462 e. The van der Waals surface area contributed by atoms with Gasteiger partial charge in [0.15, 0.2) is 0 Å². The Morgan fingerprint density at radius 2 is 2.18 bits per heavy atom. The lowest BCUT2D eigenvalue weighted by atomic mass is 10.6. The fraction of sp³-hybridized carbons (Fsp3) is 0.667. The van der Waals surface area contributed by atoms with E-state index in [0.29, 0.717) is 6.54 Å². The maximum atomic E-state index is 10.7. The second kappa shape index (κ2) is 6.03. The average Bonchev–Trinajstić information content (AvgIpc) is 2.03. The monoisotopic (exact) mass is 177 g/mol. The lowest BCUT2D eigenvalue weighted by molar-refractivity contribution is -0.152. The van der Waals surface area contributed by atoms with Crippen molar-refractivity contribution in [2.24, 2.45) is 0 Å². The normalized spacial score (nSPS) is 8.91. The molecule has 0 bridgehead atoms. The second-order valence-electron chi connectivity index (χ2n) is 1.74. The van der Waals surface area contributed by atoms with Crippen molar-refractivity contribution in [2.75, 3.05) is 25.7 Å². The van der Waals surface area contributed by atoms with E-state index in [0.717, 1.165) is 5.75 Å². The topological polar surface area (TPSA) is 55.4 Å². The lowest BCUT2D eigenvalue weighted by Gasteiger charge is -2.00. The summed E-state index contributed by atoms with van der Waals surface area (Å²) >= 11 is 1.60. The Morgan fingerprint density at radius 3 is 2.64 bits per heavy atom. The highest BCUT2D eigenvalue weighted by molar-refractivity contribution is 7.98. The van der Waals surface area contributed by atoms with Crippen LogP contribution in [-0.4, -0.2) is 37.5 Å². The van der Waals surface area contributed by atoms with Crippen LogP contribution in [0.5, 0.6) is 0 Å². The predicted molar refractivity (Wildman–Crippen MR) is 43.4 cm³/mol. The van der Waals surface area contributed by atoms with Crippen LogP contribution in [0, 0.1) is 0 Å². The molecule has 0 aromatic rings. The molecule has 11 heavy (non-hydrogen) atoms. The molecule has 0 saturated carbocycles. The first-order valence-electron chi connectivity index (χ1n) is 3.07. The number of ether oxygens (including phenoxy) is 1. The molecule has 0 spiro atoms. The van der Waals surface area contributed by atoms with E-state index in [1.807, 2.05) is 6.26 Å². The van der Waals surface area contributed by atoms with Crippen LogP contribution in [0.25, 0.3) is 0 Å². The minimum atomic E-state index is -0.842. The first kappa shape index (κ1) is 10.3. The zero-order chi connectivity index (χ0) is 8.69. The van der Waals surface area contributed by atoms with E-state index in [-0.39, 0.29) is 0 Å². The minimum Gasteiger partial charge on any atom is -0.462 e. The molecule has 0 rings (SSSR count). The molecule has 5 heteroatoms. The van der Waals surface area contributed by atoms with E-state index in [1.54, 1.807) is 11.8 Å². The molecule has 0 aliphatic carbocycles. The third-order valence-electron chi connectivity index (χ3n) is 0.963. The Morgan fingerprint density at radius 1 is 1.55 bits per heavy atom. The molecule has 0 heterocycles. The van der Waals surface area contributed by atoms with Gasteiger partial charge in [0.05, 0.1) is 7.11 Å². The van der Waals surface area contributed by atoms with Crippen molar-refractivity contribution in [1.29, 1.82) is 0 Å². The van der Waals surface area contributed by atoms with Crippen molar-refractivity contribution in [1.82, 2.24) is 5.32 Å². The lowest BCUT2D eigenvalue weighted by Crippen LogP contribution is -2.33. The summed E-state index contributed by atoms with van der Waals surface area (Å²) in [7, 11) is 1.18. The Bertz CT molecular complexity index is 149. The van der Waals surface area contributed by atoms with E-state index >= 15 is 0 Å². The van der Waals surface area contributed by atoms with Crippen LogP contribution in [0.3, 0.4) is 0 Å². The molecular weight excluding hydrogens is 166 g/mol. The van der Waals surface area contributed by atoms with Gasteiger partial charge in [-0.05, 0) is 6.26 Å². The van der Waals surface area contributed by atoms with Crippen LogP contribution in [0.15, 0.2) is 0 Å².